The molecule has 47 heavy (non-hydrogen) atoms. The van der Waals surface area contributed by atoms with Crippen molar-refractivity contribution in [1.29, 1.82) is 0 Å². The molecule has 0 radical (unpaired) electrons. The van der Waals surface area contributed by atoms with Crippen LogP contribution < -0.4 is 5.32 Å². The second-order valence-corrected chi connectivity index (χ2v) is 15.0. The minimum absolute atomic E-state index is 0.0553. The molecule has 1 amide bonds. The molecule has 0 fully saturated rings. The van der Waals surface area contributed by atoms with Crippen LogP contribution in [0.5, 0.6) is 0 Å². The van der Waals surface area contributed by atoms with Gasteiger partial charge in [-0.3, -0.25) is 13.8 Å². The second kappa shape index (κ2) is 30.5. The number of phosphoric acid groups is 1. The molecular weight excluding hydrogens is 611 g/mol. The molecule has 3 N–H and O–H groups in total. The van der Waals surface area contributed by atoms with Gasteiger partial charge in [-0.05, 0) is 51.4 Å². The van der Waals surface area contributed by atoms with Crippen LogP contribution in [0.2, 0.25) is 0 Å². The number of aliphatic hydroxyl groups is 1. The average Bonchev–Trinajstić information content (AvgIpc) is 3.01. The Morgan fingerprint density at radius 1 is 0.723 bits per heavy atom. The Balaban J connectivity index is 4.20. The lowest BCUT2D eigenvalue weighted by Crippen LogP contribution is -2.45. The number of aliphatic hydroxyl groups excluding tert-OH is 1. The Kier molecular flexibility index (Phi) is 29.5. The van der Waals surface area contributed by atoms with Crippen molar-refractivity contribution in [3.05, 3.63) is 48.6 Å². The smallest absolute Gasteiger partial charge is 0.387 e. The summed E-state index contributed by atoms with van der Waals surface area (Å²) < 4.78 is 23.2. The predicted molar refractivity (Wildman–Crippen MR) is 198 cm³/mol. The Labute approximate surface area is 289 Å². The molecule has 0 rings (SSSR count). The number of quaternary nitrogens is 1. The molecule has 0 bridgehead atoms. The fourth-order valence-electron chi connectivity index (χ4n) is 4.74. The summed E-state index contributed by atoms with van der Waals surface area (Å²) in [6.45, 7) is 4.60. The minimum Gasteiger partial charge on any atom is -0.387 e. The van der Waals surface area contributed by atoms with Crippen LogP contribution in [-0.4, -0.2) is 73.4 Å². The average molecular weight is 684 g/mol. The lowest BCUT2D eigenvalue weighted by Gasteiger charge is -2.25. The fraction of sp³-hybridized carbons (Fsp3) is 0.763. The highest BCUT2D eigenvalue weighted by molar-refractivity contribution is 7.47. The van der Waals surface area contributed by atoms with Gasteiger partial charge in [-0.15, -0.1) is 0 Å². The summed E-state index contributed by atoms with van der Waals surface area (Å²) in [6, 6.07) is -0.849. The first kappa shape index (κ1) is 45.5. The molecule has 0 aliphatic heterocycles. The molecule has 0 spiro atoms. The van der Waals surface area contributed by atoms with Crippen molar-refractivity contribution >= 4 is 13.7 Å². The van der Waals surface area contributed by atoms with E-state index in [1.54, 1.807) is 6.08 Å². The van der Waals surface area contributed by atoms with E-state index in [0.717, 1.165) is 64.2 Å². The molecule has 9 heteroatoms. The molecular formula is C38H72N2O6P+. The van der Waals surface area contributed by atoms with Gasteiger partial charge >= 0.3 is 7.82 Å². The van der Waals surface area contributed by atoms with Crippen LogP contribution >= 0.6 is 7.82 Å². The molecule has 3 unspecified atom stereocenters. The highest BCUT2D eigenvalue weighted by atomic mass is 31.2. The van der Waals surface area contributed by atoms with Crippen LogP contribution in [-0.2, 0) is 18.4 Å². The van der Waals surface area contributed by atoms with E-state index in [0.29, 0.717) is 17.4 Å². The molecule has 0 aromatic rings. The van der Waals surface area contributed by atoms with E-state index in [9.17, 15) is 19.4 Å². The summed E-state index contributed by atoms with van der Waals surface area (Å²) in [5.74, 6) is -0.202. The first-order chi connectivity index (χ1) is 22.5. The van der Waals surface area contributed by atoms with Crippen molar-refractivity contribution in [1.82, 2.24) is 5.32 Å². The molecule has 0 saturated heterocycles. The molecule has 3 atom stereocenters. The number of carbonyl (C=O) groups excluding carboxylic acids is 1. The Bertz CT molecular complexity index is 912. The maximum absolute atomic E-state index is 12.7. The fourth-order valence-corrected chi connectivity index (χ4v) is 5.47. The third kappa shape index (κ3) is 32.8. The Hall–Kier alpha value is -1.54. The normalized spacial score (nSPS) is 15.3. The van der Waals surface area contributed by atoms with Gasteiger partial charge in [0, 0.05) is 6.42 Å². The number of hydrogen-bond acceptors (Lipinski definition) is 5. The number of hydrogen-bond donors (Lipinski definition) is 3. The van der Waals surface area contributed by atoms with Gasteiger partial charge < -0.3 is 19.8 Å². The van der Waals surface area contributed by atoms with Crippen LogP contribution in [0.3, 0.4) is 0 Å². The third-order valence-electron chi connectivity index (χ3n) is 7.79. The highest BCUT2D eigenvalue weighted by Gasteiger charge is 2.27. The van der Waals surface area contributed by atoms with E-state index < -0.39 is 20.0 Å². The summed E-state index contributed by atoms with van der Waals surface area (Å²) in [6.07, 6.45) is 36.6. The zero-order chi connectivity index (χ0) is 35.1. The molecule has 274 valence electrons. The summed E-state index contributed by atoms with van der Waals surface area (Å²) in [5.41, 5.74) is 0. The van der Waals surface area contributed by atoms with Gasteiger partial charge in [-0.2, -0.15) is 0 Å². The van der Waals surface area contributed by atoms with Crippen molar-refractivity contribution in [3.63, 3.8) is 0 Å². The minimum atomic E-state index is -4.32. The zero-order valence-corrected chi connectivity index (χ0v) is 31.6. The third-order valence-corrected chi connectivity index (χ3v) is 8.78. The molecule has 0 heterocycles. The van der Waals surface area contributed by atoms with E-state index in [-0.39, 0.29) is 19.1 Å². The van der Waals surface area contributed by atoms with Crippen LogP contribution in [0.4, 0.5) is 0 Å². The standard InChI is InChI=1S/C38H71N2O6P/c1-6-8-10-12-13-14-15-16-17-18-19-20-21-22-23-24-25-26-27-28-30-32-38(42)39-36(37(41)31-29-11-9-7-2)35-46-47(43,44)45-34-33-40(3,4)5/h15-16,18-19,21-22,29,31,36-37,41H,6-14,17,20,23-28,30,32-35H2,1-5H3,(H-,39,42,43,44)/p+1/b16-15-,19-18-,22-21-,31-29+. The van der Waals surface area contributed by atoms with E-state index in [1.807, 2.05) is 27.2 Å². The number of unbranched alkanes of at least 4 members (excludes halogenated alkanes) is 13. The van der Waals surface area contributed by atoms with Gasteiger partial charge in [0.05, 0.1) is 39.9 Å². The van der Waals surface area contributed by atoms with Gasteiger partial charge in [0.15, 0.2) is 0 Å². The highest BCUT2D eigenvalue weighted by Crippen LogP contribution is 2.43. The van der Waals surface area contributed by atoms with Gasteiger partial charge in [-0.1, -0.05) is 127 Å². The molecule has 0 aliphatic rings. The lowest BCUT2D eigenvalue weighted by atomic mass is 10.1. The van der Waals surface area contributed by atoms with Crippen molar-refractivity contribution in [2.45, 2.75) is 148 Å². The van der Waals surface area contributed by atoms with E-state index in [4.69, 9.17) is 9.05 Å². The number of likely N-dealkylation sites (N-methyl/N-ethyl adjacent to an activating group) is 1. The van der Waals surface area contributed by atoms with Gasteiger partial charge in [0.25, 0.3) is 0 Å². The first-order valence-corrected chi connectivity index (χ1v) is 20.0. The number of nitrogens with zero attached hydrogens (tertiary/aromatic N) is 1. The molecule has 0 aromatic heterocycles. The number of rotatable bonds is 32. The molecule has 0 aromatic carbocycles. The van der Waals surface area contributed by atoms with Crippen LogP contribution in [0.1, 0.15) is 136 Å². The van der Waals surface area contributed by atoms with Crippen LogP contribution in [0.25, 0.3) is 0 Å². The molecule has 0 aliphatic carbocycles. The monoisotopic (exact) mass is 684 g/mol. The number of phosphoric ester groups is 1. The van der Waals surface area contributed by atoms with Crippen molar-refractivity contribution in [3.8, 4) is 0 Å². The number of carbonyl (C=O) groups is 1. The quantitative estimate of drug-likeness (QED) is 0.0283. The van der Waals surface area contributed by atoms with E-state index in [2.05, 4.69) is 55.6 Å². The SMILES string of the molecule is CCCC/C=C/C(O)C(COP(=O)(O)OCC[N+](C)(C)C)NC(=O)CCCCCCCC/C=C\C/C=C\C/C=C\CCCCCCC. The van der Waals surface area contributed by atoms with Gasteiger partial charge in [0.1, 0.15) is 13.2 Å². The summed E-state index contributed by atoms with van der Waals surface area (Å²) in [7, 11) is 1.54. The predicted octanol–water partition coefficient (Wildman–Crippen LogP) is 9.35. The van der Waals surface area contributed by atoms with E-state index >= 15 is 0 Å². The molecule has 0 saturated carbocycles. The second-order valence-electron chi connectivity index (χ2n) is 13.6. The topological polar surface area (TPSA) is 105 Å². The summed E-state index contributed by atoms with van der Waals surface area (Å²) >= 11 is 0. The number of amides is 1. The van der Waals surface area contributed by atoms with Crippen molar-refractivity contribution < 1.29 is 32.9 Å². The molecule has 8 nitrogen and oxygen atoms in total. The Morgan fingerprint density at radius 3 is 1.81 bits per heavy atom. The largest absolute Gasteiger partial charge is 0.472 e. The van der Waals surface area contributed by atoms with Gasteiger partial charge in [0.2, 0.25) is 5.91 Å². The number of nitrogens with one attached hydrogen (secondary N) is 1. The number of allylic oxidation sites excluding steroid dienone is 7. The van der Waals surface area contributed by atoms with Crippen molar-refractivity contribution in [2.75, 3.05) is 40.9 Å². The van der Waals surface area contributed by atoms with Crippen LogP contribution in [0.15, 0.2) is 48.6 Å². The van der Waals surface area contributed by atoms with Gasteiger partial charge in [-0.25, -0.2) is 4.57 Å². The summed E-state index contributed by atoms with van der Waals surface area (Å²) in [4.78, 5) is 22.8. The summed E-state index contributed by atoms with van der Waals surface area (Å²) in [5, 5.41) is 13.5. The maximum atomic E-state index is 12.7. The van der Waals surface area contributed by atoms with Crippen LogP contribution in [0, 0.1) is 0 Å². The zero-order valence-electron chi connectivity index (χ0n) is 30.8. The first-order valence-electron chi connectivity index (χ1n) is 18.5. The van der Waals surface area contributed by atoms with Crippen molar-refractivity contribution in [2.24, 2.45) is 0 Å². The Morgan fingerprint density at radius 2 is 1.23 bits per heavy atom. The maximum Gasteiger partial charge on any atom is 0.472 e. The lowest BCUT2D eigenvalue weighted by molar-refractivity contribution is -0.870. The van der Waals surface area contributed by atoms with E-state index in [1.165, 1.54) is 51.4 Å².